The van der Waals surface area contributed by atoms with Crippen LogP contribution < -0.4 is 0 Å². The van der Waals surface area contributed by atoms with Crippen LogP contribution in [0.4, 0.5) is 13.2 Å². The molecule has 1 saturated carbocycles. The molecule has 0 amide bonds. The summed E-state index contributed by atoms with van der Waals surface area (Å²) in [5.74, 6) is -0.763. The van der Waals surface area contributed by atoms with Crippen molar-refractivity contribution in [1.29, 1.82) is 0 Å². The second-order valence-corrected chi connectivity index (χ2v) is 4.41. The fourth-order valence-corrected chi connectivity index (χ4v) is 2.23. The van der Waals surface area contributed by atoms with Gasteiger partial charge in [-0.2, -0.15) is 13.2 Å². The monoisotopic (exact) mass is 259 g/mol. The molecule has 1 aliphatic rings. The van der Waals surface area contributed by atoms with E-state index in [0.717, 1.165) is 12.1 Å². The average molecular weight is 259 g/mol. The molecule has 0 spiro atoms. The number of ketones is 1. The second-order valence-electron chi connectivity index (χ2n) is 4.41. The minimum Gasteiger partial charge on any atom is -0.493 e. The number of hydrogen-bond acceptors (Lipinski definition) is 3. The maximum atomic E-state index is 12.8. The molecule has 0 unspecified atom stereocenters. The first kappa shape index (κ1) is 12.9. The average Bonchev–Trinajstić information content (AvgIpc) is 2.28. The number of hydrogen-bond donors (Lipinski definition) is 1. The van der Waals surface area contributed by atoms with Crippen LogP contribution in [0.3, 0.4) is 0 Å². The summed E-state index contributed by atoms with van der Waals surface area (Å²) in [6.07, 6.45) is -3.22. The largest absolute Gasteiger partial charge is 0.493 e. The lowest BCUT2D eigenvalue weighted by Crippen LogP contribution is -2.18. The number of aromatic nitrogens is 1. The molecule has 1 fully saturated rings. The van der Waals surface area contributed by atoms with E-state index in [1.54, 1.807) is 0 Å². The summed E-state index contributed by atoms with van der Waals surface area (Å²) in [6, 6.07) is 1.77. The number of rotatable bonds is 1. The SMILES string of the molecule is O=C1CCC(c2nc(O)ccc2C(F)(F)F)CC1. The molecule has 1 aromatic rings. The van der Waals surface area contributed by atoms with Crippen molar-refractivity contribution in [3.05, 3.63) is 23.4 Å². The Balaban J connectivity index is 2.36. The van der Waals surface area contributed by atoms with Crippen molar-refractivity contribution in [2.75, 3.05) is 0 Å². The topological polar surface area (TPSA) is 50.2 Å². The van der Waals surface area contributed by atoms with E-state index in [1.165, 1.54) is 0 Å². The van der Waals surface area contributed by atoms with Gasteiger partial charge in [-0.15, -0.1) is 0 Å². The molecule has 2 rings (SSSR count). The van der Waals surface area contributed by atoms with E-state index in [1.807, 2.05) is 0 Å². The lowest BCUT2D eigenvalue weighted by Gasteiger charge is -2.23. The minimum absolute atomic E-state index is 0.0694. The van der Waals surface area contributed by atoms with Gasteiger partial charge in [0.2, 0.25) is 5.88 Å². The number of carbonyl (C=O) groups excluding carboxylic acids is 1. The number of Topliss-reactive ketones (excluding diaryl/α,β-unsaturated/α-hetero) is 1. The highest BCUT2D eigenvalue weighted by atomic mass is 19.4. The van der Waals surface area contributed by atoms with E-state index in [0.29, 0.717) is 12.8 Å². The van der Waals surface area contributed by atoms with Crippen molar-refractivity contribution < 1.29 is 23.1 Å². The van der Waals surface area contributed by atoms with Crippen LogP contribution >= 0.6 is 0 Å². The highest BCUT2D eigenvalue weighted by molar-refractivity contribution is 5.79. The predicted octanol–water partition coefficient (Wildman–Crippen LogP) is 3.03. The van der Waals surface area contributed by atoms with Crippen LogP contribution in [0.25, 0.3) is 0 Å². The second kappa shape index (κ2) is 4.59. The molecule has 1 N–H and O–H groups in total. The lowest BCUT2D eigenvalue weighted by molar-refractivity contribution is -0.138. The smallest absolute Gasteiger partial charge is 0.418 e. The van der Waals surface area contributed by atoms with E-state index in [2.05, 4.69) is 4.98 Å². The number of pyridine rings is 1. The molecule has 0 atom stereocenters. The van der Waals surface area contributed by atoms with Crippen LogP contribution in [0, 0.1) is 0 Å². The number of halogens is 3. The molecule has 0 radical (unpaired) electrons. The molecule has 18 heavy (non-hydrogen) atoms. The van der Waals surface area contributed by atoms with Crippen molar-refractivity contribution in [2.24, 2.45) is 0 Å². The summed E-state index contributed by atoms with van der Waals surface area (Å²) < 4.78 is 38.5. The standard InChI is InChI=1S/C12H12F3NO2/c13-12(14,15)9-5-6-10(18)16-11(9)7-1-3-8(17)4-2-7/h5-7H,1-4H2,(H,16,18). The molecule has 1 aromatic heterocycles. The van der Waals surface area contributed by atoms with Gasteiger partial charge in [0.05, 0.1) is 11.3 Å². The maximum absolute atomic E-state index is 12.8. The summed E-state index contributed by atoms with van der Waals surface area (Å²) in [5.41, 5.74) is -0.963. The molecule has 0 saturated heterocycles. The van der Waals surface area contributed by atoms with Gasteiger partial charge in [-0.3, -0.25) is 4.79 Å². The van der Waals surface area contributed by atoms with Gasteiger partial charge in [0.25, 0.3) is 0 Å². The lowest BCUT2D eigenvalue weighted by atomic mass is 9.84. The molecule has 6 heteroatoms. The van der Waals surface area contributed by atoms with Crippen LogP contribution in [-0.2, 0) is 11.0 Å². The summed E-state index contributed by atoms with van der Waals surface area (Å²) in [6.45, 7) is 0. The highest BCUT2D eigenvalue weighted by Gasteiger charge is 2.37. The summed E-state index contributed by atoms with van der Waals surface area (Å²) in [5, 5.41) is 9.24. The van der Waals surface area contributed by atoms with Gasteiger partial charge < -0.3 is 5.11 Å². The third kappa shape index (κ3) is 2.63. The fourth-order valence-electron chi connectivity index (χ4n) is 2.23. The van der Waals surface area contributed by atoms with Crippen LogP contribution in [0.5, 0.6) is 5.88 Å². The van der Waals surface area contributed by atoms with Crippen molar-refractivity contribution >= 4 is 5.78 Å². The molecule has 0 aliphatic heterocycles. The first-order valence-electron chi connectivity index (χ1n) is 5.66. The normalized spacial score (nSPS) is 18.1. The zero-order chi connectivity index (χ0) is 13.3. The zero-order valence-corrected chi connectivity index (χ0v) is 9.50. The quantitative estimate of drug-likeness (QED) is 0.843. The number of carbonyl (C=O) groups is 1. The van der Waals surface area contributed by atoms with Gasteiger partial charge >= 0.3 is 6.18 Å². The van der Waals surface area contributed by atoms with Crippen LogP contribution in [0.1, 0.15) is 42.9 Å². The first-order chi connectivity index (χ1) is 8.38. The van der Waals surface area contributed by atoms with E-state index in [9.17, 15) is 23.1 Å². The molecule has 1 heterocycles. The van der Waals surface area contributed by atoms with E-state index in [-0.39, 0.29) is 24.3 Å². The minimum atomic E-state index is -4.49. The summed E-state index contributed by atoms with van der Waals surface area (Å²) >= 11 is 0. The molecule has 0 bridgehead atoms. The third-order valence-electron chi connectivity index (χ3n) is 3.15. The molecule has 1 aliphatic carbocycles. The molecular weight excluding hydrogens is 247 g/mol. The highest BCUT2D eigenvalue weighted by Crippen LogP contribution is 2.39. The van der Waals surface area contributed by atoms with Crippen LogP contribution in [0.15, 0.2) is 12.1 Å². The Morgan fingerprint density at radius 3 is 2.39 bits per heavy atom. The van der Waals surface area contributed by atoms with Crippen molar-refractivity contribution in [2.45, 2.75) is 37.8 Å². The van der Waals surface area contributed by atoms with Crippen LogP contribution in [0.2, 0.25) is 0 Å². The van der Waals surface area contributed by atoms with Gasteiger partial charge in [0, 0.05) is 24.8 Å². The van der Waals surface area contributed by atoms with Crippen molar-refractivity contribution in [3.8, 4) is 5.88 Å². The van der Waals surface area contributed by atoms with E-state index >= 15 is 0 Å². The Labute approximate surface area is 102 Å². The molecular formula is C12H12F3NO2. The Morgan fingerprint density at radius 2 is 1.83 bits per heavy atom. The Hall–Kier alpha value is -1.59. The summed E-state index contributed by atoms with van der Waals surface area (Å²) in [7, 11) is 0. The maximum Gasteiger partial charge on any atom is 0.418 e. The zero-order valence-electron chi connectivity index (χ0n) is 9.50. The van der Waals surface area contributed by atoms with E-state index < -0.39 is 23.5 Å². The van der Waals surface area contributed by atoms with Gasteiger partial charge in [-0.1, -0.05) is 0 Å². The Morgan fingerprint density at radius 1 is 1.22 bits per heavy atom. The summed E-state index contributed by atoms with van der Waals surface area (Å²) in [4.78, 5) is 14.7. The fraction of sp³-hybridized carbons (Fsp3) is 0.500. The Bertz CT molecular complexity index is 461. The Kier molecular flexibility index (Phi) is 3.28. The van der Waals surface area contributed by atoms with Gasteiger partial charge in [-0.05, 0) is 18.9 Å². The van der Waals surface area contributed by atoms with Gasteiger partial charge in [-0.25, -0.2) is 4.98 Å². The van der Waals surface area contributed by atoms with E-state index in [4.69, 9.17) is 0 Å². The van der Waals surface area contributed by atoms with Gasteiger partial charge in [0.15, 0.2) is 0 Å². The molecule has 3 nitrogen and oxygen atoms in total. The predicted molar refractivity (Wildman–Crippen MR) is 57.1 cm³/mol. The first-order valence-corrected chi connectivity index (χ1v) is 5.66. The van der Waals surface area contributed by atoms with Crippen LogP contribution in [-0.4, -0.2) is 15.9 Å². The number of aromatic hydroxyl groups is 1. The van der Waals surface area contributed by atoms with Crippen molar-refractivity contribution in [1.82, 2.24) is 4.98 Å². The third-order valence-corrected chi connectivity index (χ3v) is 3.15. The number of alkyl halides is 3. The number of nitrogens with zero attached hydrogens (tertiary/aromatic N) is 1. The molecule has 98 valence electrons. The van der Waals surface area contributed by atoms with Gasteiger partial charge in [0.1, 0.15) is 5.78 Å². The van der Waals surface area contributed by atoms with Crippen molar-refractivity contribution in [3.63, 3.8) is 0 Å². The molecule has 0 aromatic carbocycles.